The van der Waals surface area contributed by atoms with E-state index in [0.717, 1.165) is 73.1 Å². The molecule has 0 saturated carbocycles. The van der Waals surface area contributed by atoms with Gasteiger partial charge in [0.05, 0.1) is 22.3 Å². The summed E-state index contributed by atoms with van der Waals surface area (Å²) in [6.45, 7) is 4.15. The van der Waals surface area contributed by atoms with Gasteiger partial charge in [0.15, 0.2) is 5.13 Å². The largest absolute Gasteiger partial charge is 0.494 e. The Hall–Kier alpha value is -3.10. The second-order valence-corrected chi connectivity index (χ2v) is 12.7. The number of amides is 1. The molecule has 6 nitrogen and oxygen atoms in total. The molecule has 1 amide bonds. The van der Waals surface area contributed by atoms with Crippen LogP contribution in [-0.2, 0) is 17.8 Å². The van der Waals surface area contributed by atoms with Gasteiger partial charge in [-0.2, -0.15) is 0 Å². The number of piperidine rings is 1. The Balaban J connectivity index is 0.973. The number of carbonyl (C=O) groups excluding carboxylic acids is 1. The highest BCUT2D eigenvalue weighted by molar-refractivity contribution is 7.14. The minimum absolute atomic E-state index is 0.0925. The molecule has 0 unspecified atom stereocenters. The van der Waals surface area contributed by atoms with Crippen LogP contribution in [0.5, 0.6) is 5.75 Å². The summed E-state index contributed by atoms with van der Waals surface area (Å²) >= 11 is 13.8. The summed E-state index contributed by atoms with van der Waals surface area (Å²) in [4.78, 5) is 21.9. The van der Waals surface area contributed by atoms with Gasteiger partial charge in [-0.1, -0.05) is 59.6 Å². The van der Waals surface area contributed by atoms with Gasteiger partial charge in [-0.15, -0.1) is 11.3 Å². The van der Waals surface area contributed by atoms with Crippen molar-refractivity contribution in [3.05, 3.63) is 99.3 Å². The molecule has 5 rings (SSSR count). The number of anilines is 1. The third kappa shape index (κ3) is 9.44. The van der Waals surface area contributed by atoms with Crippen molar-refractivity contribution in [1.29, 1.82) is 0 Å². The van der Waals surface area contributed by atoms with Gasteiger partial charge in [0.25, 0.3) is 0 Å². The van der Waals surface area contributed by atoms with Gasteiger partial charge in [-0.25, -0.2) is 4.98 Å². The lowest BCUT2D eigenvalue weighted by Gasteiger charge is -2.32. The van der Waals surface area contributed by atoms with Crippen LogP contribution in [-0.4, -0.2) is 55.1 Å². The van der Waals surface area contributed by atoms with Gasteiger partial charge in [0, 0.05) is 56.6 Å². The SMILES string of the molecule is CN(CCc1ccccc1)c1nc(-c2ccc(OCCCC(=O)NC3CCN(Cc4ccc(Cl)c(Cl)c4)CC3)cc2)cs1. The topological polar surface area (TPSA) is 57.7 Å². The number of likely N-dealkylation sites (tertiary alicyclic amines) is 1. The third-order valence-corrected chi connectivity index (χ3v) is 9.40. The molecule has 0 bridgehead atoms. The second kappa shape index (κ2) is 15.6. The predicted molar refractivity (Wildman–Crippen MR) is 179 cm³/mol. The molecule has 1 fully saturated rings. The van der Waals surface area contributed by atoms with Crippen LogP contribution in [0.15, 0.2) is 78.2 Å². The number of hydrogen-bond acceptors (Lipinski definition) is 6. The first-order valence-electron chi connectivity index (χ1n) is 14.8. The maximum Gasteiger partial charge on any atom is 0.220 e. The van der Waals surface area contributed by atoms with Crippen molar-refractivity contribution < 1.29 is 9.53 Å². The smallest absolute Gasteiger partial charge is 0.220 e. The summed E-state index contributed by atoms with van der Waals surface area (Å²) in [7, 11) is 2.09. The first-order valence-corrected chi connectivity index (χ1v) is 16.5. The van der Waals surface area contributed by atoms with Crippen molar-refractivity contribution in [1.82, 2.24) is 15.2 Å². The number of aromatic nitrogens is 1. The number of benzene rings is 3. The van der Waals surface area contributed by atoms with E-state index >= 15 is 0 Å². The third-order valence-electron chi connectivity index (χ3n) is 7.71. The van der Waals surface area contributed by atoms with Gasteiger partial charge in [-0.05, 0) is 73.2 Å². The number of halogens is 2. The Labute approximate surface area is 268 Å². The van der Waals surface area contributed by atoms with E-state index < -0.39 is 0 Å². The molecule has 0 radical (unpaired) electrons. The minimum atomic E-state index is 0.0925. The molecular weight excluding hydrogens is 599 g/mol. The van der Waals surface area contributed by atoms with E-state index in [2.05, 4.69) is 51.8 Å². The number of hydrogen-bond donors (Lipinski definition) is 1. The summed E-state index contributed by atoms with van der Waals surface area (Å²) in [6.07, 6.45) is 4.01. The van der Waals surface area contributed by atoms with Crippen LogP contribution in [0.3, 0.4) is 0 Å². The monoisotopic (exact) mass is 636 g/mol. The highest BCUT2D eigenvalue weighted by atomic mass is 35.5. The molecule has 1 N–H and O–H groups in total. The number of carbonyl (C=O) groups is 1. The Morgan fingerprint density at radius 2 is 1.79 bits per heavy atom. The molecule has 1 aromatic heterocycles. The average Bonchev–Trinajstić information content (AvgIpc) is 3.52. The van der Waals surface area contributed by atoms with E-state index in [0.29, 0.717) is 29.5 Å². The molecule has 1 aliphatic heterocycles. The first kappa shape index (κ1) is 31.3. The zero-order valence-electron chi connectivity index (χ0n) is 24.5. The normalized spacial score (nSPS) is 14.0. The lowest BCUT2D eigenvalue weighted by Crippen LogP contribution is -2.44. The quantitative estimate of drug-likeness (QED) is 0.152. The Morgan fingerprint density at radius 1 is 1.02 bits per heavy atom. The van der Waals surface area contributed by atoms with Gasteiger partial charge < -0.3 is 15.0 Å². The fourth-order valence-electron chi connectivity index (χ4n) is 5.19. The van der Waals surface area contributed by atoms with E-state index in [1.807, 2.05) is 48.5 Å². The van der Waals surface area contributed by atoms with Crippen LogP contribution < -0.4 is 15.0 Å². The maximum atomic E-state index is 12.5. The molecule has 1 saturated heterocycles. The van der Waals surface area contributed by atoms with Crippen molar-refractivity contribution >= 4 is 45.6 Å². The second-order valence-electron chi connectivity index (χ2n) is 11.0. The molecule has 0 atom stereocenters. The molecule has 226 valence electrons. The standard InChI is InChI=1S/C34H38Cl2N4O2S/c1-39(18-15-25-6-3-2-4-7-25)34-38-32(24-43-34)27-10-12-29(13-11-27)42-21-5-8-33(41)37-28-16-19-40(20-17-28)23-26-9-14-30(35)31(36)22-26/h2-4,6-7,9-14,22,24,28H,5,8,15-21,23H2,1H3,(H,37,41). The highest BCUT2D eigenvalue weighted by Gasteiger charge is 2.21. The summed E-state index contributed by atoms with van der Waals surface area (Å²) in [5, 5.41) is 7.48. The van der Waals surface area contributed by atoms with E-state index in [1.165, 1.54) is 5.56 Å². The average molecular weight is 638 g/mol. The van der Waals surface area contributed by atoms with Crippen LogP contribution >= 0.6 is 34.5 Å². The Bertz CT molecular complexity index is 1460. The number of thiazole rings is 1. The Morgan fingerprint density at radius 3 is 2.53 bits per heavy atom. The number of ether oxygens (including phenoxy) is 1. The molecule has 0 aliphatic carbocycles. The van der Waals surface area contributed by atoms with Gasteiger partial charge in [0.1, 0.15) is 5.75 Å². The summed E-state index contributed by atoms with van der Waals surface area (Å²) in [5.74, 6) is 0.892. The van der Waals surface area contributed by atoms with Crippen LogP contribution in [0, 0.1) is 0 Å². The number of likely N-dealkylation sites (N-methyl/N-ethyl adjacent to an activating group) is 1. The van der Waals surface area contributed by atoms with Gasteiger partial charge >= 0.3 is 0 Å². The van der Waals surface area contributed by atoms with E-state index in [4.69, 9.17) is 32.9 Å². The summed E-state index contributed by atoms with van der Waals surface area (Å²) in [5.41, 5.74) is 4.52. The number of rotatable bonds is 13. The van der Waals surface area contributed by atoms with E-state index in [9.17, 15) is 4.79 Å². The van der Waals surface area contributed by atoms with Crippen LogP contribution in [0.4, 0.5) is 5.13 Å². The molecule has 2 heterocycles. The van der Waals surface area contributed by atoms with Crippen molar-refractivity contribution in [2.45, 2.75) is 44.7 Å². The van der Waals surface area contributed by atoms with Crippen molar-refractivity contribution in [2.24, 2.45) is 0 Å². The van der Waals surface area contributed by atoms with Crippen molar-refractivity contribution in [3.8, 4) is 17.0 Å². The van der Waals surface area contributed by atoms with Crippen LogP contribution in [0.25, 0.3) is 11.3 Å². The maximum absolute atomic E-state index is 12.5. The van der Waals surface area contributed by atoms with Crippen molar-refractivity contribution in [2.75, 3.05) is 38.2 Å². The minimum Gasteiger partial charge on any atom is -0.494 e. The molecule has 4 aromatic rings. The van der Waals surface area contributed by atoms with Crippen LogP contribution in [0.1, 0.15) is 36.8 Å². The zero-order chi connectivity index (χ0) is 30.0. The van der Waals surface area contributed by atoms with Gasteiger partial charge in [0.2, 0.25) is 5.91 Å². The Kier molecular flexibility index (Phi) is 11.3. The van der Waals surface area contributed by atoms with Crippen LogP contribution in [0.2, 0.25) is 10.0 Å². The lowest BCUT2D eigenvalue weighted by atomic mass is 10.0. The summed E-state index contributed by atoms with van der Waals surface area (Å²) in [6, 6.07) is 24.6. The van der Waals surface area contributed by atoms with E-state index in [-0.39, 0.29) is 11.9 Å². The molecule has 43 heavy (non-hydrogen) atoms. The van der Waals surface area contributed by atoms with Gasteiger partial charge in [-0.3, -0.25) is 9.69 Å². The predicted octanol–water partition coefficient (Wildman–Crippen LogP) is 7.74. The highest BCUT2D eigenvalue weighted by Crippen LogP contribution is 2.28. The number of nitrogens with one attached hydrogen (secondary N) is 1. The fraction of sp³-hybridized carbons (Fsp3) is 0.353. The molecule has 1 aliphatic rings. The molecule has 3 aromatic carbocycles. The van der Waals surface area contributed by atoms with Crippen molar-refractivity contribution in [3.63, 3.8) is 0 Å². The number of nitrogens with zero attached hydrogens (tertiary/aromatic N) is 3. The molecular formula is C34H38Cl2N4O2S. The van der Waals surface area contributed by atoms with E-state index in [1.54, 1.807) is 11.3 Å². The lowest BCUT2D eigenvalue weighted by molar-refractivity contribution is -0.122. The fourth-order valence-corrected chi connectivity index (χ4v) is 6.33. The molecule has 0 spiro atoms. The first-order chi connectivity index (χ1) is 20.9. The summed E-state index contributed by atoms with van der Waals surface area (Å²) < 4.78 is 5.91. The molecule has 9 heteroatoms. The zero-order valence-corrected chi connectivity index (χ0v) is 26.8.